The van der Waals surface area contributed by atoms with Gasteiger partial charge in [0, 0.05) is 16.6 Å². The van der Waals surface area contributed by atoms with Gasteiger partial charge in [-0.25, -0.2) is 4.79 Å². The van der Waals surface area contributed by atoms with Crippen LogP contribution in [0.1, 0.15) is 15.2 Å². The van der Waals surface area contributed by atoms with Crippen molar-refractivity contribution in [2.75, 3.05) is 30.5 Å². The molecule has 2 N–H and O–H groups in total. The van der Waals surface area contributed by atoms with Crippen molar-refractivity contribution in [3.05, 3.63) is 69.4 Å². The van der Waals surface area contributed by atoms with E-state index in [-0.39, 0.29) is 17.2 Å². The fourth-order valence-corrected chi connectivity index (χ4v) is 3.85. The van der Waals surface area contributed by atoms with E-state index in [1.165, 1.54) is 29.5 Å². The lowest BCUT2D eigenvalue weighted by Crippen LogP contribution is -2.34. The standard InChI is InChI=1S/C22H19ClN2O5S/c23-17-5-3-14(10-18(17)24)22(27)30-13-21(26)25(12-16-2-1-9-31-16)15-4-6-19-20(11-15)29-8-7-28-19/h1-6,9-11H,7-8,12-13,24H2. The van der Waals surface area contributed by atoms with Crippen LogP contribution in [0.3, 0.4) is 0 Å². The van der Waals surface area contributed by atoms with Gasteiger partial charge in [0.05, 0.1) is 22.8 Å². The molecule has 0 saturated carbocycles. The molecular formula is C22H19ClN2O5S. The normalized spacial score (nSPS) is 12.3. The van der Waals surface area contributed by atoms with Crippen LogP contribution in [0.5, 0.6) is 11.5 Å². The van der Waals surface area contributed by atoms with E-state index >= 15 is 0 Å². The minimum Gasteiger partial charge on any atom is -0.486 e. The van der Waals surface area contributed by atoms with Crippen molar-refractivity contribution in [3.63, 3.8) is 0 Å². The number of halogens is 1. The number of nitrogens with two attached hydrogens (primary N) is 1. The second kappa shape index (κ2) is 9.28. The smallest absolute Gasteiger partial charge is 0.338 e. The Morgan fingerprint density at radius 3 is 2.65 bits per heavy atom. The van der Waals surface area contributed by atoms with Crippen LogP contribution in [-0.2, 0) is 16.1 Å². The number of benzene rings is 2. The van der Waals surface area contributed by atoms with Gasteiger partial charge in [0.15, 0.2) is 18.1 Å². The Balaban J connectivity index is 1.51. The molecular weight excluding hydrogens is 440 g/mol. The maximum absolute atomic E-state index is 13.0. The average molecular weight is 459 g/mol. The van der Waals surface area contributed by atoms with E-state index in [0.29, 0.717) is 42.0 Å². The minimum absolute atomic E-state index is 0.221. The second-order valence-electron chi connectivity index (χ2n) is 6.70. The first-order chi connectivity index (χ1) is 15.0. The van der Waals surface area contributed by atoms with E-state index in [9.17, 15) is 9.59 Å². The first kappa shape index (κ1) is 21.0. The van der Waals surface area contributed by atoms with Gasteiger partial charge in [-0.2, -0.15) is 0 Å². The van der Waals surface area contributed by atoms with Gasteiger partial charge in [-0.15, -0.1) is 11.3 Å². The fraction of sp³-hybridized carbons (Fsp3) is 0.182. The summed E-state index contributed by atoms with van der Waals surface area (Å²) in [6.45, 7) is 0.829. The van der Waals surface area contributed by atoms with Gasteiger partial charge in [0.2, 0.25) is 0 Å². The van der Waals surface area contributed by atoms with Crippen LogP contribution in [0.25, 0.3) is 0 Å². The summed E-state index contributed by atoms with van der Waals surface area (Å²) >= 11 is 7.42. The molecule has 0 aliphatic carbocycles. The third kappa shape index (κ3) is 4.92. The number of thiophene rings is 1. The summed E-state index contributed by atoms with van der Waals surface area (Å²) in [5, 5.41) is 2.28. The number of rotatable bonds is 6. The number of hydrogen-bond donors (Lipinski definition) is 1. The predicted octanol–water partition coefficient (Wildman–Crippen LogP) is 4.15. The molecule has 0 bridgehead atoms. The van der Waals surface area contributed by atoms with Crippen molar-refractivity contribution in [1.29, 1.82) is 0 Å². The number of fused-ring (bicyclic) bond motifs is 1. The molecule has 3 aromatic rings. The summed E-state index contributed by atoms with van der Waals surface area (Å²) in [4.78, 5) is 27.9. The zero-order valence-corrected chi connectivity index (χ0v) is 17.9. The highest BCUT2D eigenvalue weighted by atomic mass is 35.5. The van der Waals surface area contributed by atoms with Gasteiger partial charge in [-0.05, 0) is 41.8 Å². The van der Waals surface area contributed by atoms with E-state index in [4.69, 9.17) is 31.5 Å². The molecule has 1 aliphatic rings. The summed E-state index contributed by atoms with van der Waals surface area (Å²) in [5.41, 5.74) is 6.84. The summed E-state index contributed by atoms with van der Waals surface area (Å²) in [6.07, 6.45) is 0. The van der Waals surface area contributed by atoms with Gasteiger partial charge in [0.25, 0.3) is 5.91 Å². The van der Waals surface area contributed by atoms with Crippen molar-refractivity contribution in [1.82, 2.24) is 0 Å². The first-order valence-electron chi connectivity index (χ1n) is 9.46. The number of nitrogen functional groups attached to an aromatic ring is 1. The summed E-state index contributed by atoms with van der Waals surface area (Å²) in [7, 11) is 0. The quantitative estimate of drug-likeness (QED) is 0.441. The monoisotopic (exact) mass is 458 g/mol. The van der Waals surface area contributed by atoms with Crippen molar-refractivity contribution < 1.29 is 23.8 Å². The Bertz CT molecular complexity index is 1100. The molecule has 4 rings (SSSR count). The highest BCUT2D eigenvalue weighted by Crippen LogP contribution is 2.34. The Hall–Kier alpha value is -3.23. The second-order valence-corrected chi connectivity index (χ2v) is 8.14. The maximum atomic E-state index is 13.0. The fourth-order valence-electron chi connectivity index (χ4n) is 3.04. The lowest BCUT2D eigenvalue weighted by molar-refractivity contribution is -0.121. The summed E-state index contributed by atoms with van der Waals surface area (Å²) in [6, 6.07) is 13.6. The topological polar surface area (TPSA) is 91.1 Å². The number of nitrogens with zero attached hydrogens (tertiary/aromatic N) is 1. The molecule has 31 heavy (non-hydrogen) atoms. The van der Waals surface area contributed by atoms with Crippen LogP contribution in [0.2, 0.25) is 5.02 Å². The molecule has 1 amide bonds. The van der Waals surface area contributed by atoms with Crippen LogP contribution < -0.4 is 20.1 Å². The van der Waals surface area contributed by atoms with Gasteiger partial charge in [0.1, 0.15) is 13.2 Å². The molecule has 9 heteroatoms. The van der Waals surface area contributed by atoms with Crippen molar-refractivity contribution in [2.24, 2.45) is 0 Å². The molecule has 0 radical (unpaired) electrons. The molecule has 0 fully saturated rings. The molecule has 2 heterocycles. The molecule has 1 aromatic heterocycles. The van der Waals surface area contributed by atoms with Crippen molar-refractivity contribution >= 4 is 46.2 Å². The highest BCUT2D eigenvalue weighted by Gasteiger charge is 2.22. The number of amides is 1. The number of carbonyl (C=O) groups excluding carboxylic acids is 2. The molecule has 2 aromatic carbocycles. The summed E-state index contributed by atoms with van der Waals surface area (Å²) in [5.74, 6) is 0.168. The van der Waals surface area contributed by atoms with Crippen LogP contribution in [0.4, 0.5) is 11.4 Å². The number of anilines is 2. The minimum atomic E-state index is -0.657. The van der Waals surface area contributed by atoms with Gasteiger partial charge in [-0.3, -0.25) is 4.79 Å². The van der Waals surface area contributed by atoms with Crippen LogP contribution >= 0.6 is 22.9 Å². The number of esters is 1. The van der Waals surface area contributed by atoms with Crippen LogP contribution in [0, 0.1) is 0 Å². The molecule has 0 unspecified atom stereocenters. The van der Waals surface area contributed by atoms with E-state index in [1.807, 2.05) is 17.5 Å². The number of hydrogen-bond acceptors (Lipinski definition) is 7. The molecule has 160 valence electrons. The average Bonchev–Trinajstić information content (AvgIpc) is 3.30. The van der Waals surface area contributed by atoms with Gasteiger partial charge in [-0.1, -0.05) is 17.7 Å². The Labute approximate surface area is 187 Å². The van der Waals surface area contributed by atoms with E-state index in [0.717, 1.165) is 4.88 Å². The molecule has 0 atom stereocenters. The highest BCUT2D eigenvalue weighted by molar-refractivity contribution is 7.09. The Kier molecular flexibility index (Phi) is 6.29. The Morgan fingerprint density at radius 1 is 1.10 bits per heavy atom. The number of ether oxygens (including phenoxy) is 3. The molecule has 0 saturated heterocycles. The lowest BCUT2D eigenvalue weighted by Gasteiger charge is -2.25. The molecule has 1 aliphatic heterocycles. The van der Waals surface area contributed by atoms with E-state index in [1.54, 1.807) is 23.1 Å². The molecule has 0 spiro atoms. The predicted molar refractivity (Wildman–Crippen MR) is 119 cm³/mol. The first-order valence-corrected chi connectivity index (χ1v) is 10.7. The van der Waals surface area contributed by atoms with Gasteiger partial charge < -0.3 is 24.8 Å². The SMILES string of the molecule is Nc1cc(C(=O)OCC(=O)N(Cc2cccs2)c2ccc3c(c2)OCCO3)ccc1Cl. The number of carbonyl (C=O) groups is 2. The van der Waals surface area contributed by atoms with Gasteiger partial charge >= 0.3 is 5.97 Å². The lowest BCUT2D eigenvalue weighted by atomic mass is 10.2. The maximum Gasteiger partial charge on any atom is 0.338 e. The molecule has 7 nitrogen and oxygen atoms in total. The van der Waals surface area contributed by atoms with E-state index < -0.39 is 12.6 Å². The van der Waals surface area contributed by atoms with Crippen molar-refractivity contribution in [3.8, 4) is 11.5 Å². The third-order valence-electron chi connectivity index (χ3n) is 4.59. The van der Waals surface area contributed by atoms with Crippen molar-refractivity contribution in [2.45, 2.75) is 6.54 Å². The van der Waals surface area contributed by atoms with Crippen LogP contribution in [0.15, 0.2) is 53.9 Å². The zero-order valence-electron chi connectivity index (χ0n) is 16.4. The Morgan fingerprint density at radius 2 is 1.90 bits per heavy atom. The van der Waals surface area contributed by atoms with Crippen LogP contribution in [-0.4, -0.2) is 31.7 Å². The van der Waals surface area contributed by atoms with E-state index in [2.05, 4.69) is 0 Å². The summed E-state index contributed by atoms with van der Waals surface area (Å²) < 4.78 is 16.4. The third-order valence-corrected chi connectivity index (χ3v) is 5.80. The largest absolute Gasteiger partial charge is 0.486 e. The zero-order chi connectivity index (χ0) is 21.8.